The molecule has 0 unspecified atom stereocenters. The number of nitrogen functional groups attached to an aromatic ring is 1. The molecule has 3 aromatic rings. The molecule has 0 aliphatic heterocycles. The molecule has 0 atom stereocenters. The molecule has 0 radical (unpaired) electrons. The van der Waals surface area contributed by atoms with Crippen LogP contribution in [0, 0.1) is 11.3 Å². The van der Waals surface area contributed by atoms with Gasteiger partial charge in [0.1, 0.15) is 6.07 Å². The number of anilines is 4. The Morgan fingerprint density at radius 2 is 1.74 bits per heavy atom. The summed E-state index contributed by atoms with van der Waals surface area (Å²) < 4.78 is 0. The van der Waals surface area contributed by atoms with Gasteiger partial charge in [0.25, 0.3) is 0 Å². The number of rotatable bonds is 5. The molecule has 3 rings (SSSR count). The Labute approximate surface area is 157 Å². The lowest BCUT2D eigenvalue weighted by atomic mass is 10.1. The highest BCUT2D eigenvalue weighted by Crippen LogP contribution is 2.20. The normalized spacial score (nSPS) is 10.9. The fourth-order valence-electron chi connectivity index (χ4n) is 2.40. The molecule has 0 fully saturated rings. The molecule has 0 bridgehead atoms. The van der Waals surface area contributed by atoms with Crippen molar-refractivity contribution in [2.75, 3.05) is 30.0 Å². The van der Waals surface area contributed by atoms with E-state index in [1.807, 2.05) is 73.6 Å². The molecule has 3 N–H and O–H groups in total. The number of benzene rings is 2. The van der Waals surface area contributed by atoms with Crippen molar-refractivity contribution in [1.82, 2.24) is 15.0 Å². The van der Waals surface area contributed by atoms with Crippen LogP contribution in [0.15, 0.2) is 54.6 Å². The molecule has 27 heavy (non-hydrogen) atoms. The summed E-state index contributed by atoms with van der Waals surface area (Å²) >= 11 is 0. The van der Waals surface area contributed by atoms with Crippen LogP contribution in [-0.2, 0) is 0 Å². The van der Waals surface area contributed by atoms with Crippen LogP contribution < -0.4 is 16.0 Å². The van der Waals surface area contributed by atoms with E-state index in [2.05, 4.69) is 26.3 Å². The van der Waals surface area contributed by atoms with Gasteiger partial charge >= 0.3 is 0 Å². The van der Waals surface area contributed by atoms with Crippen LogP contribution in [0.3, 0.4) is 0 Å². The topological polar surface area (TPSA) is 104 Å². The van der Waals surface area contributed by atoms with E-state index < -0.39 is 0 Å². The van der Waals surface area contributed by atoms with Crippen LogP contribution in [0.2, 0.25) is 0 Å². The van der Waals surface area contributed by atoms with E-state index >= 15 is 0 Å². The molecule has 2 aromatic carbocycles. The highest BCUT2D eigenvalue weighted by Gasteiger charge is 2.10. The summed E-state index contributed by atoms with van der Waals surface area (Å²) in [6, 6.07) is 19.4. The average Bonchev–Trinajstić information content (AvgIpc) is 2.66. The van der Waals surface area contributed by atoms with Crippen LogP contribution in [0.25, 0.3) is 11.6 Å². The van der Waals surface area contributed by atoms with Gasteiger partial charge in [0, 0.05) is 25.5 Å². The minimum atomic E-state index is 0.0440. The number of nitriles is 1. The van der Waals surface area contributed by atoms with Gasteiger partial charge in [-0.2, -0.15) is 20.2 Å². The van der Waals surface area contributed by atoms with E-state index in [0.717, 1.165) is 16.9 Å². The second-order valence-electron chi connectivity index (χ2n) is 5.99. The zero-order valence-corrected chi connectivity index (χ0v) is 15.1. The molecule has 0 aliphatic rings. The SMILES string of the molecule is CN(C)c1ccc(/C=C(\C#N)c2nc(N)nc(Nc3ccccc3)n2)cc1. The predicted octanol–water partition coefficient (Wildman–Crippen LogP) is 3.33. The van der Waals surface area contributed by atoms with Crippen LogP contribution >= 0.6 is 0 Å². The van der Waals surface area contributed by atoms with Crippen molar-refractivity contribution >= 4 is 34.9 Å². The molecule has 7 heteroatoms. The monoisotopic (exact) mass is 357 g/mol. The Morgan fingerprint density at radius 3 is 2.37 bits per heavy atom. The number of nitrogens with zero attached hydrogens (tertiary/aromatic N) is 5. The number of para-hydroxylation sites is 1. The lowest BCUT2D eigenvalue weighted by Crippen LogP contribution is -2.08. The summed E-state index contributed by atoms with van der Waals surface area (Å²) in [4.78, 5) is 14.5. The summed E-state index contributed by atoms with van der Waals surface area (Å²) in [6.45, 7) is 0. The first kappa shape index (κ1) is 17.9. The van der Waals surface area contributed by atoms with Gasteiger partial charge in [-0.25, -0.2) is 0 Å². The van der Waals surface area contributed by atoms with Crippen molar-refractivity contribution in [2.24, 2.45) is 0 Å². The minimum Gasteiger partial charge on any atom is -0.378 e. The second-order valence-corrected chi connectivity index (χ2v) is 5.99. The molecular formula is C20H19N7. The number of aromatic nitrogens is 3. The van der Waals surface area contributed by atoms with E-state index in [1.165, 1.54) is 0 Å². The highest BCUT2D eigenvalue weighted by atomic mass is 15.2. The molecule has 1 heterocycles. The first-order chi connectivity index (χ1) is 13.0. The maximum absolute atomic E-state index is 9.57. The highest BCUT2D eigenvalue weighted by molar-refractivity contribution is 5.87. The number of hydrogen-bond donors (Lipinski definition) is 2. The summed E-state index contributed by atoms with van der Waals surface area (Å²) in [5.74, 6) is 0.551. The summed E-state index contributed by atoms with van der Waals surface area (Å²) in [6.07, 6.45) is 1.72. The third kappa shape index (κ3) is 4.58. The Hall–Kier alpha value is -3.92. The number of nitrogens with one attached hydrogen (secondary N) is 1. The number of allylic oxidation sites excluding steroid dienone is 1. The molecule has 0 saturated carbocycles. The van der Waals surface area contributed by atoms with Crippen LogP contribution in [0.1, 0.15) is 11.4 Å². The van der Waals surface area contributed by atoms with Crippen molar-refractivity contribution in [3.05, 3.63) is 66.0 Å². The van der Waals surface area contributed by atoms with Gasteiger partial charge in [0.2, 0.25) is 11.9 Å². The zero-order valence-electron chi connectivity index (χ0n) is 15.1. The lowest BCUT2D eigenvalue weighted by Gasteiger charge is -2.12. The van der Waals surface area contributed by atoms with Gasteiger partial charge in [-0.15, -0.1) is 0 Å². The molecule has 0 aliphatic carbocycles. The number of hydrogen-bond acceptors (Lipinski definition) is 7. The van der Waals surface area contributed by atoms with E-state index in [9.17, 15) is 5.26 Å². The Balaban J connectivity index is 1.92. The molecule has 0 saturated heterocycles. The third-order valence-corrected chi connectivity index (χ3v) is 3.76. The van der Waals surface area contributed by atoms with Gasteiger partial charge in [0.05, 0.1) is 5.57 Å². The zero-order chi connectivity index (χ0) is 19.2. The smallest absolute Gasteiger partial charge is 0.232 e. The van der Waals surface area contributed by atoms with Gasteiger partial charge in [-0.3, -0.25) is 0 Å². The fraction of sp³-hybridized carbons (Fsp3) is 0.100. The maximum atomic E-state index is 9.57. The summed E-state index contributed by atoms with van der Waals surface area (Å²) in [5.41, 5.74) is 8.87. The Morgan fingerprint density at radius 1 is 1.04 bits per heavy atom. The van der Waals surface area contributed by atoms with E-state index in [-0.39, 0.29) is 17.7 Å². The standard InChI is InChI=1S/C20H19N7/c1-27(2)17-10-8-14(9-11-17)12-15(13-21)18-24-19(22)26-20(25-18)23-16-6-4-3-5-7-16/h3-12H,1-2H3,(H3,22,23,24,25,26)/b15-12+. The van der Waals surface area contributed by atoms with Crippen molar-refractivity contribution in [3.63, 3.8) is 0 Å². The quantitative estimate of drug-likeness (QED) is 0.675. The summed E-state index contributed by atoms with van der Waals surface area (Å²) in [7, 11) is 3.95. The van der Waals surface area contributed by atoms with Crippen molar-refractivity contribution in [1.29, 1.82) is 5.26 Å². The first-order valence-electron chi connectivity index (χ1n) is 8.28. The van der Waals surface area contributed by atoms with Crippen LogP contribution in [-0.4, -0.2) is 29.0 Å². The van der Waals surface area contributed by atoms with E-state index in [0.29, 0.717) is 5.57 Å². The maximum Gasteiger partial charge on any atom is 0.232 e. The predicted molar refractivity (Wildman–Crippen MR) is 108 cm³/mol. The van der Waals surface area contributed by atoms with E-state index in [4.69, 9.17) is 5.73 Å². The Bertz CT molecular complexity index is 987. The largest absolute Gasteiger partial charge is 0.378 e. The fourth-order valence-corrected chi connectivity index (χ4v) is 2.40. The molecule has 0 amide bonds. The minimum absolute atomic E-state index is 0.0440. The lowest BCUT2D eigenvalue weighted by molar-refractivity contribution is 1.04. The summed E-state index contributed by atoms with van der Waals surface area (Å²) in [5, 5.41) is 12.6. The molecule has 1 aromatic heterocycles. The van der Waals surface area contributed by atoms with Gasteiger partial charge in [0.15, 0.2) is 5.82 Å². The first-order valence-corrected chi connectivity index (χ1v) is 8.28. The van der Waals surface area contributed by atoms with Gasteiger partial charge in [-0.05, 0) is 35.9 Å². The van der Waals surface area contributed by atoms with Crippen molar-refractivity contribution in [2.45, 2.75) is 0 Å². The number of nitrogens with two attached hydrogens (primary N) is 1. The molecule has 0 spiro atoms. The third-order valence-electron chi connectivity index (χ3n) is 3.76. The van der Waals surface area contributed by atoms with Gasteiger partial charge < -0.3 is 16.0 Å². The molecule has 134 valence electrons. The van der Waals surface area contributed by atoms with Crippen LogP contribution in [0.4, 0.5) is 23.3 Å². The average molecular weight is 357 g/mol. The Kier molecular flexibility index (Phi) is 5.28. The molecular weight excluding hydrogens is 338 g/mol. The van der Waals surface area contributed by atoms with Gasteiger partial charge in [-0.1, -0.05) is 30.3 Å². The van der Waals surface area contributed by atoms with Crippen molar-refractivity contribution in [3.8, 4) is 6.07 Å². The van der Waals surface area contributed by atoms with Crippen LogP contribution in [0.5, 0.6) is 0 Å². The second kappa shape index (κ2) is 7.97. The van der Waals surface area contributed by atoms with Crippen molar-refractivity contribution < 1.29 is 0 Å². The van der Waals surface area contributed by atoms with E-state index in [1.54, 1.807) is 6.08 Å². The molecule has 7 nitrogen and oxygen atoms in total.